The normalized spacial score (nSPS) is 48.2. The molecule has 0 saturated heterocycles. The van der Waals surface area contributed by atoms with E-state index in [0.717, 1.165) is 22.9 Å². The molecule has 0 nitrogen and oxygen atoms in total. The van der Waals surface area contributed by atoms with Crippen molar-refractivity contribution in [3.63, 3.8) is 0 Å². The number of rotatable bonds is 4. The van der Waals surface area contributed by atoms with Gasteiger partial charge in [-0.1, -0.05) is 13.3 Å². The fourth-order valence-electron chi connectivity index (χ4n) is 4.86. The Balaban J connectivity index is 1.65. The number of hydrogen-bond donors (Lipinski definition) is 0. The second-order valence-corrected chi connectivity index (χ2v) is 8.39. The summed E-state index contributed by atoms with van der Waals surface area (Å²) in [5.41, 5.74) is 0. The van der Waals surface area contributed by atoms with Crippen LogP contribution >= 0.6 is 8.58 Å². The Morgan fingerprint density at radius 2 is 1.53 bits per heavy atom. The van der Waals surface area contributed by atoms with E-state index in [0.29, 0.717) is 0 Å². The van der Waals surface area contributed by atoms with Gasteiger partial charge in [-0.3, -0.25) is 0 Å². The van der Waals surface area contributed by atoms with E-state index >= 15 is 0 Å². The first kappa shape index (κ1) is 10.6. The Morgan fingerprint density at radius 1 is 1.00 bits per heavy atom. The largest absolute Gasteiger partial charge is 0.116 e. The topological polar surface area (TPSA) is 0 Å². The highest BCUT2D eigenvalue weighted by Crippen LogP contribution is 2.62. The van der Waals surface area contributed by atoms with Crippen molar-refractivity contribution in [1.82, 2.24) is 0 Å². The molecule has 0 aromatic rings. The van der Waals surface area contributed by atoms with Crippen LogP contribution in [0.25, 0.3) is 0 Å². The third-order valence-electron chi connectivity index (χ3n) is 5.07. The van der Waals surface area contributed by atoms with Crippen LogP contribution in [0.5, 0.6) is 0 Å². The van der Waals surface area contributed by atoms with E-state index in [-0.39, 0.29) is 0 Å². The van der Waals surface area contributed by atoms with Gasteiger partial charge in [-0.05, 0) is 74.0 Å². The van der Waals surface area contributed by atoms with Crippen LogP contribution in [-0.2, 0) is 0 Å². The maximum atomic E-state index is 2.34. The van der Waals surface area contributed by atoms with Gasteiger partial charge < -0.3 is 0 Å². The molecule has 4 saturated carbocycles. The fraction of sp³-hybridized carbons (Fsp3) is 1.00. The molecule has 4 bridgehead atoms. The molecule has 0 N–H and O–H groups in total. The third-order valence-corrected chi connectivity index (χ3v) is 7.03. The minimum Gasteiger partial charge on any atom is -0.116 e. The zero-order valence-corrected chi connectivity index (χ0v) is 11.1. The van der Waals surface area contributed by atoms with Gasteiger partial charge in [-0.25, -0.2) is 0 Å². The van der Waals surface area contributed by atoms with Gasteiger partial charge >= 0.3 is 0 Å². The maximum absolute atomic E-state index is 2.34. The van der Waals surface area contributed by atoms with Gasteiger partial charge in [0.2, 0.25) is 0 Å². The molecule has 86 valence electrons. The Bertz CT molecular complexity index is 198. The molecule has 0 heterocycles. The summed E-state index contributed by atoms with van der Waals surface area (Å²) in [6.45, 7) is 2.34. The lowest BCUT2D eigenvalue weighted by Crippen LogP contribution is -2.48. The molecule has 0 aliphatic heterocycles. The average Bonchev–Trinajstić information content (AvgIpc) is 2.15. The van der Waals surface area contributed by atoms with Crippen molar-refractivity contribution < 1.29 is 0 Å². The van der Waals surface area contributed by atoms with Crippen molar-refractivity contribution in [2.24, 2.45) is 17.8 Å². The van der Waals surface area contributed by atoms with Crippen molar-refractivity contribution in [2.75, 3.05) is 6.16 Å². The molecule has 15 heavy (non-hydrogen) atoms. The van der Waals surface area contributed by atoms with E-state index in [1.54, 1.807) is 44.7 Å². The standard InChI is InChI=1S/C14H25P/c1-2-3-4-15-14-8-11-5-12(9-14)7-13(6-11)10-14/h11-13,15H,2-10H2,1H3. The van der Waals surface area contributed by atoms with Crippen LogP contribution in [0, 0.1) is 17.8 Å². The molecule has 4 fully saturated rings. The second kappa shape index (κ2) is 4.02. The van der Waals surface area contributed by atoms with Gasteiger partial charge in [0.05, 0.1) is 0 Å². The predicted molar refractivity (Wildman–Crippen MR) is 69.0 cm³/mol. The van der Waals surface area contributed by atoms with Crippen LogP contribution in [0.15, 0.2) is 0 Å². The summed E-state index contributed by atoms with van der Waals surface area (Å²) in [5, 5.41) is 0.879. The molecule has 0 spiro atoms. The van der Waals surface area contributed by atoms with Crippen molar-refractivity contribution in [1.29, 1.82) is 0 Å². The van der Waals surface area contributed by atoms with E-state index in [1.807, 2.05) is 0 Å². The van der Waals surface area contributed by atoms with Crippen LogP contribution in [0.2, 0.25) is 0 Å². The molecule has 0 aromatic carbocycles. The van der Waals surface area contributed by atoms with Crippen LogP contribution in [-0.4, -0.2) is 11.3 Å². The minimum absolute atomic E-state index is 0.879. The van der Waals surface area contributed by atoms with Crippen LogP contribution < -0.4 is 0 Å². The highest BCUT2D eigenvalue weighted by atomic mass is 31.1. The highest BCUT2D eigenvalue weighted by molar-refractivity contribution is 7.40. The van der Waals surface area contributed by atoms with Crippen molar-refractivity contribution in [2.45, 2.75) is 63.4 Å². The summed E-state index contributed by atoms with van der Waals surface area (Å²) in [7, 11) is 1.31. The smallest absolute Gasteiger partial charge is 0.0114 e. The van der Waals surface area contributed by atoms with Crippen molar-refractivity contribution in [3.8, 4) is 0 Å². The summed E-state index contributed by atoms with van der Waals surface area (Å²) in [6, 6.07) is 0. The summed E-state index contributed by atoms with van der Waals surface area (Å²) in [5.74, 6) is 3.47. The van der Waals surface area contributed by atoms with Crippen LogP contribution in [0.3, 0.4) is 0 Å². The van der Waals surface area contributed by atoms with Gasteiger partial charge in [0.15, 0.2) is 0 Å². The SMILES string of the molecule is CCCCPC12CC3CC(CC(C3)C1)C2. The first-order valence-corrected chi connectivity index (χ1v) is 8.25. The number of hydrogen-bond acceptors (Lipinski definition) is 0. The first-order valence-electron chi connectivity index (χ1n) is 7.05. The van der Waals surface area contributed by atoms with Crippen molar-refractivity contribution >= 4 is 8.58 Å². The molecule has 1 unspecified atom stereocenters. The summed E-state index contributed by atoms with van der Waals surface area (Å²) in [6.07, 6.45) is 14.1. The van der Waals surface area contributed by atoms with Gasteiger partial charge in [0.1, 0.15) is 0 Å². The summed E-state index contributed by atoms with van der Waals surface area (Å²) >= 11 is 0. The molecule has 4 aliphatic rings. The molecule has 0 amide bonds. The lowest BCUT2D eigenvalue weighted by molar-refractivity contribution is 0.0367. The van der Waals surface area contributed by atoms with Gasteiger partial charge in [0.25, 0.3) is 0 Å². The number of unbranched alkanes of at least 4 members (excludes halogenated alkanes) is 1. The molecular formula is C14H25P. The van der Waals surface area contributed by atoms with E-state index in [2.05, 4.69) is 6.92 Å². The third kappa shape index (κ3) is 1.99. The van der Waals surface area contributed by atoms with Gasteiger partial charge in [-0.2, -0.15) is 0 Å². The van der Waals surface area contributed by atoms with Crippen LogP contribution in [0.4, 0.5) is 0 Å². The monoisotopic (exact) mass is 224 g/mol. The molecule has 0 aromatic heterocycles. The van der Waals surface area contributed by atoms with Crippen LogP contribution in [0.1, 0.15) is 58.3 Å². The lowest BCUT2D eigenvalue weighted by atomic mass is 9.56. The fourth-order valence-corrected chi connectivity index (χ4v) is 7.22. The molecule has 4 aliphatic carbocycles. The first-order chi connectivity index (χ1) is 7.30. The van der Waals surface area contributed by atoms with Gasteiger partial charge in [0, 0.05) is 0 Å². The molecule has 1 atom stereocenters. The second-order valence-electron chi connectivity index (χ2n) is 6.48. The van der Waals surface area contributed by atoms with Gasteiger partial charge in [-0.15, -0.1) is 8.58 Å². The molecule has 4 rings (SSSR count). The quantitative estimate of drug-likeness (QED) is 0.489. The lowest BCUT2D eigenvalue weighted by Gasteiger charge is -2.57. The Kier molecular flexibility index (Phi) is 2.84. The Hall–Kier alpha value is 0.430. The van der Waals surface area contributed by atoms with Crippen molar-refractivity contribution in [3.05, 3.63) is 0 Å². The predicted octanol–water partition coefficient (Wildman–Crippen LogP) is 4.43. The van der Waals surface area contributed by atoms with E-state index in [4.69, 9.17) is 0 Å². The summed E-state index contributed by atoms with van der Waals surface area (Å²) in [4.78, 5) is 0. The molecule has 1 heteroatoms. The highest BCUT2D eigenvalue weighted by Gasteiger charge is 2.50. The Morgan fingerprint density at radius 3 is 2.00 bits per heavy atom. The van der Waals surface area contributed by atoms with E-state index in [9.17, 15) is 0 Å². The van der Waals surface area contributed by atoms with E-state index in [1.165, 1.54) is 21.4 Å². The average molecular weight is 224 g/mol. The zero-order chi connectivity index (χ0) is 10.3. The minimum atomic E-state index is 0.879. The van der Waals surface area contributed by atoms with E-state index < -0.39 is 0 Å². The Labute approximate surface area is 96.4 Å². The maximum Gasteiger partial charge on any atom is -0.0114 e. The molecular weight excluding hydrogens is 199 g/mol. The summed E-state index contributed by atoms with van der Waals surface area (Å²) < 4.78 is 0. The zero-order valence-electron chi connectivity index (χ0n) is 10.1. The molecule has 0 radical (unpaired) electrons.